The first-order chi connectivity index (χ1) is 18.3. The van der Waals surface area contributed by atoms with E-state index in [1.54, 1.807) is 40.5 Å². The van der Waals surface area contributed by atoms with Crippen LogP contribution in [0.5, 0.6) is 0 Å². The molecule has 2 aromatic rings. The summed E-state index contributed by atoms with van der Waals surface area (Å²) in [6, 6.07) is 7.76. The van der Waals surface area contributed by atoms with Gasteiger partial charge in [0.25, 0.3) is 11.8 Å². The van der Waals surface area contributed by atoms with E-state index < -0.39 is 31.0 Å². The normalized spacial score (nSPS) is 24.1. The second-order valence-corrected chi connectivity index (χ2v) is 16.2. The van der Waals surface area contributed by atoms with Crippen LogP contribution in [0.4, 0.5) is 0 Å². The van der Waals surface area contributed by atoms with Crippen LogP contribution in [0.1, 0.15) is 47.2 Å². The molecule has 0 aliphatic carbocycles. The fraction of sp³-hybridized carbons (Fsp3) is 0.429. The third-order valence-corrected chi connectivity index (χ3v) is 10.7. The van der Waals surface area contributed by atoms with Gasteiger partial charge in [-0.05, 0) is 88.2 Å². The lowest BCUT2D eigenvalue weighted by atomic mass is 9.95. The van der Waals surface area contributed by atoms with E-state index in [1.807, 2.05) is 52.0 Å². The van der Waals surface area contributed by atoms with Crippen LogP contribution in [0.15, 0.2) is 44.3 Å². The van der Waals surface area contributed by atoms with Crippen molar-refractivity contribution in [2.24, 2.45) is 10.2 Å². The Morgan fingerprint density at radius 2 is 0.925 bits per heavy atom. The molecule has 2 aliphatic heterocycles. The standard InChI is InChI=1S/2C14H17BrN2O2S/c2*1-8-6-10(7-9(2)11(8)20(5)19)12-14(3,15)13(18)17(4)16-12/h2*6-7H,1-5H3. The number of nitrogens with zero attached hydrogens (tertiary/aromatic N) is 4. The van der Waals surface area contributed by atoms with Gasteiger partial charge in [-0.25, -0.2) is 10.0 Å². The number of hydrazone groups is 2. The van der Waals surface area contributed by atoms with Crippen LogP contribution in [0.3, 0.4) is 0 Å². The van der Waals surface area contributed by atoms with E-state index in [-0.39, 0.29) is 11.8 Å². The molecule has 0 fully saturated rings. The van der Waals surface area contributed by atoms with E-state index in [4.69, 9.17) is 0 Å². The number of amides is 2. The minimum absolute atomic E-state index is 0.0917. The number of rotatable bonds is 4. The maximum atomic E-state index is 12.1. The van der Waals surface area contributed by atoms with Crippen molar-refractivity contribution in [3.8, 4) is 0 Å². The molecular formula is C28H34Br2N4O4S2. The second kappa shape index (κ2) is 11.9. The lowest BCUT2D eigenvalue weighted by Crippen LogP contribution is -2.37. The molecule has 4 atom stereocenters. The molecule has 0 saturated carbocycles. The summed E-state index contributed by atoms with van der Waals surface area (Å²) in [4.78, 5) is 25.8. The van der Waals surface area contributed by atoms with E-state index in [0.717, 1.165) is 43.2 Å². The maximum absolute atomic E-state index is 12.1. The van der Waals surface area contributed by atoms with Gasteiger partial charge in [0.05, 0.1) is 11.4 Å². The van der Waals surface area contributed by atoms with Crippen LogP contribution >= 0.6 is 31.9 Å². The average molecular weight is 715 g/mol. The molecule has 216 valence electrons. The Labute approximate surface area is 259 Å². The third-order valence-electron chi connectivity index (χ3n) is 6.82. The number of benzene rings is 2. The van der Waals surface area contributed by atoms with Crippen LogP contribution in [-0.4, -0.2) is 77.6 Å². The minimum Gasteiger partial charge on any atom is -0.612 e. The molecule has 0 N–H and O–H groups in total. The van der Waals surface area contributed by atoms with Crippen LogP contribution in [0, 0.1) is 27.7 Å². The van der Waals surface area contributed by atoms with Crippen molar-refractivity contribution in [2.75, 3.05) is 26.6 Å². The zero-order chi connectivity index (χ0) is 30.5. The molecule has 12 heteroatoms. The molecular weight excluding hydrogens is 680 g/mol. The SMILES string of the molecule is Cc1cc(C2=NN(C)C(=O)C2(C)Br)cc(C)c1[S+](C)[O-].Cc1cc(C2=NN(C)C(=O)C2(C)Br)cc(C)c1[S+](C)[O-]. The number of alkyl halides is 2. The van der Waals surface area contributed by atoms with Gasteiger partial charge in [0.15, 0.2) is 9.79 Å². The van der Waals surface area contributed by atoms with Crippen molar-refractivity contribution < 1.29 is 18.7 Å². The van der Waals surface area contributed by atoms with Gasteiger partial charge in [0.2, 0.25) is 0 Å². The zero-order valence-electron chi connectivity index (χ0n) is 24.3. The van der Waals surface area contributed by atoms with Crippen molar-refractivity contribution in [1.29, 1.82) is 0 Å². The molecule has 0 aromatic heterocycles. The summed E-state index contributed by atoms with van der Waals surface area (Å²) in [5.41, 5.74) is 6.94. The van der Waals surface area contributed by atoms with Gasteiger partial charge in [0, 0.05) is 47.5 Å². The highest BCUT2D eigenvalue weighted by atomic mass is 79.9. The largest absolute Gasteiger partial charge is 0.612 e. The van der Waals surface area contributed by atoms with Crippen molar-refractivity contribution in [1.82, 2.24) is 10.0 Å². The first-order valence-electron chi connectivity index (χ1n) is 12.3. The highest BCUT2D eigenvalue weighted by molar-refractivity contribution is 9.10. The fourth-order valence-electron chi connectivity index (χ4n) is 5.13. The monoisotopic (exact) mass is 712 g/mol. The second-order valence-electron chi connectivity index (χ2n) is 10.3. The molecule has 2 heterocycles. The van der Waals surface area contributed by atoms with Gasteiger partial charge in [-0.2, -0.15) is 10.2 Å². The predicted molar refractivity (Wildman–Crippen MR) is 170 cm³/mol. The Balaban J connectivity index is 0.000000220. The van der Waals surface area contributed by atoms with Gasteiger partial charge >= 0.3 is 0 Å². The number of hydrogen-bond donors (Lipinski definition) is 0. The van der Waals surface area contributed by atoms with Crippen molar-refractivity contribution in [3.63, 3.8) is 0 Å². The summed E-state index contributed by atoms with van der Waals surface area (Å²) in [6.45, 7) is 11.3. The number of hydrogen-bond acceptors (Lipinski definition) is 6. The molecule has 0 bridgehead atoms. The summed E-state index contributed by atoms with van der Waals surface area (Å²) in [7, 11) is 3.29. The summed E-state index contributed by atoms with van der Waals surface area (Å²) >= 11 is 4.88. The number of aryl methyl sites for hydroxylation is 4. The van der Waals surface area contributed by atoms with Crippen molar-refractivity contribution >= 4 is 77.4 Å². The molecule has 0 spiro atoms. The van der Waals surface area contributed by atoms with E-state index in [0.29, 0.717) is 11.4 Å². The Bertz CT molecular complexity index is 1280. The third kappa shape index (κ3) is 6.07. The minimum atomic E-state index is -1.02. The van der Waals surface area contributed by atoms with Gasteiger partial charge in [-0.15, -0.1) is 0 Å². The maximum Gasteiger partial charge on any atom is 0.265 e. The first kappa shape index (κ1) is 32.8. The molecule has 40 heavy (non-hydrogen) atoms. The molecule has 2 amide bonds. The Morgan fingerprint density at radius 1 is 0.675 bits per heavy atom. The highest BCUT2D eigenvalue weighted by Crippen LogP contribution is 2.35. The Kier molecular flexibility index (Phi) is 9.75. The number of carbonyl (C=O) groups excluding carboxylic acids is 2. The number of carbonyl (C=O) groups is 2. The van der Waals surface area contributed by atoms with Crippen molar-refractivity contribution in [3.05, 3.63) is 57.6 Å². The lowest BCUT2D eigenvalue weighted by Gasteiger charge is -2.18. The smallest absolute Gasteiger partial charge is 0.265 e. The van der Waals surface area contributed by atoms with E-state index in [1.165, 1.54) is 10.0 Å². The van der Waals surface area contributed by atoms with Crippen molar-refractivity contribution in [2.45, 2.75) is 60.0 Å². The van der Waals surface area contributed by atoms with E-state index in [2.05, 4.69) is 42.1 Å². The zero-order valence-corrected chi connectivity index (χ0v) is 29.1. The van der Waals surface area contributed by atoms with Crippen LogP contribution < -0.4 is 0 Å². The first-order valence-corrected chi connectivity index (χ1v) is 17.0. The molecule has 4 rings (SSSR count). The van der Waals surface area contributed by atoms with Crippen LogP contribution in [0.25, 0.3) is 0 Å². The summed E-state index contributed by atoms with van der Waals surface area (Å²) in [5, 5.41) is 11.3. The molecule has 2 aromatic carbocycles. The van der Waals surface area contributed by atoms with Gasteiger partial charge in [-0.3, -0.25) is 9.59 Å². The lowest BCUT2D eigenvalue weighted by molar-refractivity contribution is -0.129. The molecule has 4 unspecified atom stereocenters. The summed E-state index contributed by atoms with van der Waals surface area (Å²) < 4.78 is 21.9. The van der Waals surface area contributed by atoms with Crippen LogP contribution in [-0.2, 0) is 31.9 Å². The van der Waals surface area contributed by atoms with Gasteiger partial charge in [0.1, 0.15) is 21.2 Å². The Morgan fingerprint density at radius 3 is 1.10 bits per heavy atom. The molecule has 0 radical (unpaired) electrons. The highest BCUT2D eigenvalue weighted by Gasteiger charge is 2.45. The average Bonchev–Trinajstić information content (AvgIpc) is 3.15. The quantitative estimate of drug-likeness (QED) is 0.337. The molecule has 2 aliphatic rings. The molecule has 0 saturated heterocycles. The van der Waals surface area contributed by atoms with Crippen LogP contribution in [0.2, 0.25) is 0 Å². The predicted octanol–water partition coefficient (Wildman–Crippen LogP) is 4.74. The van der Waals surface area contributed by atoms with E-state index in [9.17, 15) is 18.7 Å². The van der Waals surface area contributed by atoms with Gasteiger partial charge < -0.3 is 9.11 Å². The van der Waals surface area contributed by atoms with Gasteiger partial charge in [-0.1, -0.05) is 31.9 Å². The summed E-state index contributed by atoms with van der Waals surface area (Å²) in [6.07, 6.45) is 3.35. The Hall–Kier alpha value is -1.70. The number of halogens is 2. The molecule has 8 nitrogen and oxygen atoms in total. The summed E-state index contributed by atoms with van der Waals surface area (Å²) in [5.74, 6) is -0.183. The fourth-order valence-corrected chi connectivity index (χ4v) is 8.31. The van der Waals surface area contributed by atoms with E-state index >= 15 is 0 Å². The topological polar surface area (TPSA) is 111 Å².